The van der Waals surface area contributed by atoms with Crippen molar-refractivity contribution in [1.82, 2.24) is 10.6 Å². The molecule has 0 bridgehead atoms. The van der Waals surface area contributed by atoms with Gasteiger partial charge < -0.3 is 16.0 Å². The monoisotopic (exact) mass is 399 g/mol. The average molecular weight is 400 g/mol. The molecule has 0 aliphatic carbocycles. The number of rotatable bonds is 3. The lowest BCUT2D eigenvalue weighted by atomic mass is 9.86. The number of anilines is 1. The second kappa shape index (κ2) is 7.11. The third-order valence-electron chi connectivity index (χ3n) is 4.19. The fourth-order valence-corrected chi connectivity index (χ4v) is 3.21. The molecule has 1 aliphatic rings. The van der Waals surface area contributed by atoms with Crippen molar-refractivity contribution in [3.63, 3.8) is 0 Å². The highest BCUT2D eigenvalue weighted by atomic mass is 79.9. The summed E-state index contributed by atoms with van der Waals surface area (Å²) in [6, 6.07) is 14.2. The van der Waals surface area contributed by atoms with Crippen molar-refractivity contribution in [2.75, 3.05) is 5.32 Å². The highest BCUT2D eigenvalue weighted by Crippen LogP contribution is 2.32. The van der Waals surface area contributed by atoms with E-state index in [1.165, 1.54) is 0 Å². The number of benzene rings is 2. The quantitative estimate of drug-likeness (QED) is 0.732. The second-order valence-corrected chi connectivity index (χ2v) is 6.85. The van der Waals surface area contributed by atoms with Crippen LogP contribution in [0, 0.1) is 12.8 Å². The molecule has 3 rings (SSSR count). The van der Waals surface area contributed by atoms with E-state index in [0.717, 1.165) is 15.6 Å². The number of halogens is 1. The highest BCUT2D eigenvalue weighted by molar-refractivity contribution is 9.10. The van der Waals surface area contributed by atoms with Crippen molar-refractivity contribution >= 4 is 33.6 Å². The Labute approximate surface area is 154 Å². The Kier molecular flexibility index (Phi) is 4.90. The standard InChI is InChI=1S/C19H18BrN3O2/c1-11-5-3-4-6-15(11)17-16(12(2)21-19(25)23-17)18(24)22-14-9-7-13(20)8-10-14/h3-10,16-17H,2H2,1H3,(H,22,24)(H2,21,23,25)/t16-,17+/m1/s1. The lowest BCUT2D eigenvalue weighted by molar-refractivity contribution is -0.119. The summed E-state index contributed by atoms with van der Waals surface area (Å²) in [5.74, 6) is -0.851. The van der Waals surface area contributed by atoms with E-state index in [9.17, 15) is 9.59 Å². The van der Waals surface area contributed by atoms with Crippen molar-refractivity contribution < 1.29 is 9.59 Å². The number of hydrogen-bond acceptors (Lipinski definition) is 2. The van der Waals surface area contributed by atoms with Crippen molar-refractivity contribution in [1.29, 1.82) is 0 Å². The molecule has 128 valence electrons. The molecule has 25 heavy (non-hydrogen) atoms. The van der Waals surface area contributed by atoms with Gasteiger partial charge in [-0.25, -0.2) is 4.79 Å². The van der Waals surface area contributed by atoms with Gasteiger partial charge in [0.25, 0.3) is 0 Å². The first kappa shape index (κ1) is 17.2. The van der Waals surface area contributed by atoms with Gasteiger partial charge in [-0.15, -0.1) is 0 Å². The van der Waals surface area contributed by atoms with Gasteiger partial charge in [0, 0.05) is 15.9 Å². The summed E-state index contributed by atoms with van der Waals surface area (Å²) in [5, 5.41) is 8.35. The van der Waals surface area contributed by atoms with E-state index in [2.05, 4.69) is 38.5 Å². The van der Waals surface area contributed by atoms with E-state index in [-0.39, 0.29) is 11.9 Å². The average Bonchev–Trinajstić information content (AvgIpc) is 2.56. The predicted octanol–water partition coefficient (Wildman–Crippen LogP) is 3.88. The van der Waals surface area contributed by atoms with Crippen LogP contribution in [0.2, 0.25) is 0 Å². The normalized spacial score (nSPS) is 19.8. The van der Waals surface area contributed by atoms with E-state index in [0.29, 0.717) is 11.4 Å². The third-order valence-corrected chi connectivity index (χ3v) is 4.72. The Morgan fingerprint density at radius 2 is 1.84 bits per heavy atom. The molecule has 2 aromatic carbocycles. The van der Waals surface area contributed by atoms with Gasteiger partial charge in [0.15, 0.2) is 0 Å². The maximum atomic E-state index is 12.9. The van der Waals surface area contributed by atoms with E-state index in [1.807, 2.05) is 55.5 Å². The lowest BCUT2D eigenvalue weighted by Gasteiger charge is -2.34. The Bertz CT molecular complexity index is 833. The summed E-state index contributed by atoms with van der Waals surface area (Å²) in [5.41, 5.74) is 2.96. The van der Waals surface area contributed by atoms with Crippen LogP contribution in [0.5, 0.6) is 0 Å². The maximum absolute atomic E-state index is 12.9. The van der Waals surface area contributed by atoms with Crippen LogP contribution >= 0.6 is 15.9 Å². The van der Waals surface area contributed by atoms with Crippen LogP contribution in [0.3, 0.4) is 0 Å². The van der Waals surface area contributed by atoms with Crippen molar-refractivity contribution in [2.24, 2.45) is 5.92 Å². The van der Waals surface area contributed by atoms with Crippen LogP contribution in [-0.2, 0) is 4.79 Å². The molecule has 3 N–H and O–H groups in total. The number of urea groups is 1. The van der Waals surface area contributed by atoms with E-state index in [4.69, 9.17) is 0 Å². The minimum Gasteiger partial charge on any atom is -0.330 e. The van der Waals surface area contributed by atoms with Crippen molar-refractivity contribution in [3.8, 4) is 0 Å². The van der Waals surface area contributed by atoms with E-state index >= 15 is 0 Å². The zero-order chi connectivity index (χ0) is 18.0. The van der Waals surface area contributed by atoms with Gasteiger partial charge in [-0.1, -0.05) is 46.8 Å². The van der Waals surface area contributed by atoms with Crippen LogP contribution < -0.4 is 16.0 Å². The number of aryl methyl sites for hydroxylation is 1. The van der Waals surface area contributed by atoms with E-state index in [1.54, 1.807) is 0 Å². The zero-order valence-electron chi connectivity index (χ0n) is 13.7. The number of amides is 3. The van der Waals surface area contributed by atoms with E-state index < -0.39 is 12.0 Å². The van der Waals surface area contributed by atoms with Gasteiger partial charge >= 0.3 is 6.03 Å². The second-order valence-electron chi connectivity index (χ2n) is 5.93. The predicted molar refractivity (Wildman–Crippen MR) is 101 cm³/mol. The first-order valence-corrected chi connectivity index (χ1v) is 8.63. The van der Waals surface area contributed by atoms with Gasteiger partial charge in [0.1, 0.15) is 5.92 Å². The summed E-state index contributed by atoms with van der Waals surface area (Å²) < 4.78 is 0.930. The molecule has 1 saturated heterocycles. The van der Waals surface area contributed by atoms with Crippen LogP contribution in [0.15, 0.2) is 65.3 Å². The lowest BCUT2D eigenvalue weighted by Crippen LogP contribution is -2.52. The Morgan fingerprint density at radius 3 is 2.52 bits per heavy atom. The highest BCUT2D eigenvalue weighted by Gasteiger charge is 2.38. The molecule has 0 spiro atoms. The number of nitrogens with one attached hydrogen (secondary N) is 3. The Balaban J connectivity index is 1.91. The maximum Gasteiger partial charge on any atom is 0.319 e. The topological polar surface area (TPSA) is 70.2 Å². The molecule has 6 heteroatoms. The summed E-state index contributed by atoms with van der Waals surface area (Å²) >= 11 is 3.37. The van der Waals surface area contributed by atoms with Crippen LogP contribution in [0.4, 0.5) is 10.5 Å². The van der Waals surface area contributed by atoms with Gasteiger partial charge in [0.05, 0.1) is 6.04 Å². The smallest absolute Gasteiger partial charge is 0.319 e. The first-order valence-electron chi connectivity index (χ1n) is 7.84. The minimum atomic E-state index is -0.623. The summed E-state index contributed by atoms with van der Waals surface area (Å²) in [6.07, 6.45) is 0. The molecule has 3 amide bonds. The van der Waals surface area contributed by atoms with Crippen molar-refractivity contribution in [3.05, 3.63) is 76.4 Å². The Hall–Kier alpha value is -2.60. The number of carbonyl (C=O) groups is 2. The minimum absolute atomic E-state index is 0.229. The number of carbonyl (C=O) groups excluding carboxylic acids is 2. The first-order chi connectivity index (χ1) is 12.0. The van der Waals surface area contributed by atoms with Gasteiger partial charge in [-0.05, 0) is 42.3 Å². The summed E-state index contributed by atoms with van der Waals surface area (Å²) in [7, 11) is 0. The molecule has 0 unspecified atom stereocenters. The number of hydrogen-bond donors (Lipinski definition) is 3. The third kappa shape index (κ3) is 3.74. The largest absolute Gasteiger partial charge is 0.330 e. The fourth-order valence-electron chi connectivity index (χ4n) is 2.94. The van der Waals surface area contributed by atoms with Crippen molar-refractivity contribution in [2.45, 2.75) is 13.0 Å². The van der Waals surface area contributed by atoms with Crippen LogP contribution in [0.1, 0.15) is 17.2 Å². The summed E-state index contributed by atoms with van der Waals surface area (Å²) in [6.45, 7) is 5.84. The molecule has 1 fully saturated rings. The van der Waals surface area contributed by atoms with Crippen LogP contribution in [-0.4, -0.2) is 11.9 Å². The van der Waals surface area contributed by atoms with Gasteiger partial charge in [-0.2, -0.15) is 0 Å². The molecule has 1 heterocycles. The van der Waals surface area contributed by atoms with Crippen LogP contribution in [0.25, 0.3) is 0 Å². The molecule has 0 aromatic heterocycles. The molecule has 0 radical (unpaired) electrons. The molecule has 2 aromatic rings. The molecule has 2 atom stereocenters. The molecule has 5 nitrogen and oxygen atoms in total. The molecular weight excluding hydrogens is 382 g/mol. The Morgan fingerprint density at radius 1 is 1.16 bits per heavy atom. The van der Waals surface area contributed by atoms with Gasteiger partial charge in [0.2, 0.25) is 5.91 Å². The fraction of sp³-hybridized carbons (Fsp3) is 0.158. The van der Waals surface area contributed by atoms with Gasteiger partial charge in [-0.3, -0.25) is 4.79 Å². The molecule has 1 aliphatic heterocycles. The molecule has 0 saturated carbocycles. The zero-order valence-corrected chi connectivity index (χ0v) is 15.3. The SMILES string of the molecule is C=C1NC(=O)N[C@@H](c2ccccc2C)[C@@H]1C(=O)Nc1ccc(Br)cc1. The molecular formula is C19H18BrN3O2. The summed E-state index contributed by atoms with van der Waals surface area (Å²) in [4.78, 5) is 24.8.